The smallest absolute Gasteiger partial charge is 0.343 e. The van der Waals surface area contributed by atoms with Crippen LogP contribution < -0.4 is 20.1 Å². The number of benzene rings is 2. The van der Waals surface area contributed by atoms with E-state index in [1.165, 1.54) is 7.11 Å². The summed E-state index contributed by atoms with van der Waals surface area (Å²) in [6, 6.07) is 13.5. The second-order valence-corrected chi connectivity index (χ2v) is 5.49. The van der Waals surface area contributed by atoms with Crippen molar-refractivity contribution in [2.75, 3.05) is 12.4 Å². The molecule has 0 unspecified atom stereocenters. The number of anilines is 1. The molecule has 0 radical (unpaired) electrons. The van der Waals surface area contributed by atoms with Crippen LogP contribution in [0.4, 0.5) is 10.5 Å². The molecule has 1 saturated carbocycles. The summed E-state index contributed by atoms with van der Waals surface area (Å²) in [4.78, 5) is 23.9. The molecule has 6 nitrogen and oxygen atoms in total. The van der Waals surface area contributed by atoms with Crippen LogP contribution in [0.25, 0.3) is 0 Å². The molecule has 0 atom stereocenters. The minimum atomic E-state index is -0.492. The van der Waals surface area contributed by atoms with Crippen LogP contribution >= 0.6 is 0 Å². The second kappa shape index (κ2) is 7.04. The maximum Gasteiger partial charge on any atom is 0.343 e. The van der Waals surface area contributed by atoms with Gasteiger partial charge < -0.3 is 20.1 Å². The Labute approximate surface area is 139 Å². The van der Waals surface area contributed by atoms with Crippen molar-refractivity contribution in [3.8, 4) is 11.5 Å². The molecule has 0 aliphatic heterocycles. The highest BCUT2D eigenvalue weighted by atomic mass is 16.6. The molecule has 124 valence electrons. The van der Waals surface area contributed by atoms with E-state index in [0.29, 0.717) is 28.8 Å². The molecule has 1 aliphatic carbocycles. The number of carbonyl (C=O) groups is 2. The van der Waals surface area contributed by atoms with Crippen molar-refractivity contribution in [3.05, 3.63) is 54.1 Å². The van der Waals surface area contributed by atoms with Crippen LogP contribution in [0.5, 0.6) is 11.5 Å². The molecule has 3 rings (SSSR count). The average Bonchev–Trinajstić information content (AvgIpc) is 3.39. The molecule has 2 aromatic rings. The predicted octanol–water partition coefficient (Wildman–Crippen LogP) is 3.20. The molecule has 0 bridgehead atoms. The first-order chi connectivity index (χ1) is 11.7. The van der Waals surface area contributed by atoms with E-state index < -0.39 is 5.97 Å². The van der Waals surface area contributed by atoms with Crippen LogP contribution in [0, 0.1) is 0 Å². The third-order valence-electron chi connectivity index (χ3n) is 3.56. The zero-order valence-electron chi connectivity index (χ0n) is 13.2. The quantitative estimate of drug-likeness (QED) is 0.653. The maximum atomic E-state index is 12.2. The number of hydrogen-bond acceptors (Lipinski definition) is 4. The van der Waals surface area contributed by atoms with E-state index >= 15 is 0 Å². The number of carbonyl (C=O) groups excluding carboxylic acids is 2. The molecule has 1 aliphatic rings. The van der Waals surface area contributed by atoms with Gasteiger partial charge in [-0.2, -0.15) is 0 Å². The fraction of sp³-hybridized carbons (Fsp3) is 0.222. The summed E-state index contributed by atoms with van der Waals surface area (Å²) in [5.74, 6) is 0.352. The van der Waals surface area contributed by atoms with Crippen molar-refractivity contribution >= 4 is 17.7 Å². The van der Waals surface area contributed by atoms with Gasteiger partial charge in [-0.15, -0.1) is 0 Å². The molecule has 2 N–H and O–H groups in total. The Morgan fingerprint density at radius 3 is 2.29 bits per heavy atom. The minimum absolute atomic E-state index is 0.234. The van der Waals surface area contributed by atoms with Crippen LogP contribution in [0.15, 0.2) is 48.5 Å². The lowest BCUT2D eigenvalue weighted by Gasteiger charge is -2.09. The third kappa shape index (κ3) is 4.04. The average molecular weight is 326 g/mol. The van der Waals surface area contributed by atoms with Gasteiger partial charge in [0, 0.05) is 11.7 Å². The van der Waals surface area contributed by atoms with E-state index in [1.807, 2.05) is 0 Å². The van der Waals surface area contributed by atoms with Crippen LogP contribution in [0.3, 0.4) is 0 Å². The predicted molar refractivity (Wildman–Crippen MR) is 89.6 cm³/mol. The van der Waals surface area contributed by atoms with Gasteiger partial charge in [0.2, 0.25) is 0 Å². The van der Waals surface area contributed by atoms with Gasteiger partial charge in [0.15, 0.2) is 11.5 Å². The van der Waals surface area contributed by atoms with Crippen LogP contribution in [0.1, 0.15) is 23.2 Å². The Hall–Kier alpha value is -3.02. The monoisotopic (exact) mass is 326 g/mol. The van der Waals surface area contributed by atoms with Gasteiger partial charge in [-0.3, -0.25) is 0 Å². The maximum absolute atomic E-state index is 12.2. The summed E-state index contributed by atoms with van der Waals surface area (Å²) in [5, 5.41) is 5.55. The Morgan fingerprint density at radius 2 is 1.67 bits per heavy atom. The van der Waals surface area contributed by atoms with Crippen LogP contribution in [-0.4, -0.2) is 25.2 Å². The summed E-state index contributed by atoms with van der Waals surface area (Å²) in [7, 11) is 1.51. The molecule has 0 heterocycles. The van der Waals surface area contributed by atoms with Crippen LogP contribution in [-0.2, 0) is 0 Å². The topological polar surface area (TPSA) is 76.7 Å². The zero-order valence-corrected chi connectivity index (χ0v) is 13.2. The molecular formula is C18H18N2O4. The summed E-state index contributed by atoms with van der Waals surface area (Å²) >= 11 is 0. The van der Waals surface area contributed by atoms with Crippen molar-refractivity contribution in [2.45, 2.75) is 18.9 Å². The molecule has 0 saturated heterocycles. The normalized spacial score (nSPS) is 13.0. The molecule has 6 heteroatoms. The summed E-state index contributed by atoms with van der Waals surface area (Å²) in [6.45, 7) is 0. The zero-order chi connectivity index (χ0) is 16.9. The number of amides is 2. The molecule has 24 heavy (non-hydrogen) atoms. The molecule has 1 fully saturated rings. The molecule has 0 spiro atoms. The Kier molecular flexibility index (Phi) is 4.65. The SMILES string of the molecule is COc1ccccc1OC(=O)c1ccc(NC(=O)NC2CC2)cc1. The molecule has 2 amide bonds. The number of nitrogens with one attached hydrogen (secondary N) is 2. The van der Waals surface area contributed by atoms with Gasteiger partial charge in [0.1, 0.15) is 0 Å². The van der Waals surface area contributed by atoms with Gasteiger partial charge in [-0.25, -0.2) is 9.59 Å². The molecule has 2 aromatic carbocycles. The lowest BCUT2D eigenvalue weighted by molar-refractivity contribution is 0.0730. The first-order valence-corrected chi connectivity index (χ1v) is 7.68. The van der Waals surface area contributed by atoms with E-state index in [-0.39, 0.29) is 6.03 Å². The summed E-state index contributed by atoms with van der Waals surface area (Å²) in [5.41, 5.74) is 0.996. The highest BCUT2D eigenvalue weighted by Gasteiger charge is 2.23. The Balaban J connectivity index is 1.61. The number of esters is 1. The standard InChI is InChI=1S/C18H18N2O4/c1-23-15-4-2-3-5-16(15)24-17(21)12-6-8-13(9-7-12)19-18(22)20-14-10-11-14/h2-9,14H,10-11H2,1H3,(H2,19,20,22). The van der Waals surface area contributed by atoms with Gasteiger partial charge in [-0.1, -0.05) is 12.1 Å². The number of para-hydroxylation sites is 2. The van der Waals surface area contributed by atoms with Gasteiger partial charge in [-0.05, 0) is 49.2 Å². The largest absolute Gasteiger partial charge is 0.493 e. The Morgan fingerprint density at radius 1 is 1.00 bits per heavy atom. The number of urea groups is 1. The van der Waals surface area contributed by atoms with Gasteiger partial charge in [0.25, 0.3) is 0 Å². The van der Waals surface area contributed by atoms with Crippen molar-refractivity contribution in [1.82, 2.24) is 5.32 Å². The number of ether oxygens (including phenoxy) is 2. The number of rotatable bonds is 5. The number of methoxy groups -OCH3 is 1. The van der Waals surface area contributed by atoms with Gasteiger partial charge in [0.05, 0.1) is 12.7 Å². The summed E-state index contributed by atoms with van der Waals surface area (Å²) in [6.07, 6.45) is 2.06. The van der Waals surface area contributed by atoms with E-state index in [4.69, 9.17) is 9.47 Å². The fourth-order valence-corrected chi connectivity index (χ4v) is 2.13. The highest BCUT2D eigenvalue weighted by molar-refractivity contribution is 5.93. The first kappa shape index (κ1) is 15.9. The molecule has 0 aromatic heterocycles. The molecular weight excluding hydrogens is 308 g/mol. The number of hydrogen-bond donors (Lipinski definition) is 2. The van der Waals surface area contributed by atoms with Crippen molar-refractivity contribution < 1.29 is 19.1 Å². The highest BCUT2D eigenvalue weighted by Crippen LogP contribution is 2.26. The van der Waals surface area contributed by atoms with E-state index in [1.54, 1.807) is 48.5 Å². The van der Waals surface area contributed by atoms with E-state index in [2.05, 4.69) is 10.6 Å². The second-order valence-electron chi connectivity index (χ2n) is 5.49. The lowest BCUT2D eigenvalue weighted by Crippen LogP contribution is -2.30. The summed E-state index contributed by atoms with van der Waals surface area (Å²) < 4.78 is 10.5. The van der Waals surface area contributed by atoms with Crippen molar-refractivity contribution in [3.63, 3.8) is 0 Å². The third-order valence-corrected chi connectivity index (χ3v) is 3.56. The minimum Gasteiger partial charge on any atom is -0.493 e. The van der Waals surface area contributed by atoms with Gasteiger partial charge >= 0.3 is 12.0 Å². The first-order valence-electron chi connectivity index (χ1n) is 7.68. The van der Waals surface area contributed by atoms with E-state index in [0.717, 1.165) is 12.8 Å². The van der Waals surface area contributed by atoms with E-state index in [9.17, 15) is 9.59 Å². The van der Waals surface area contributed by atoms with Crippen molar-refractivity contribution in [2.24, 2.45) is 0 Å². The lowest BCUT2D eigenvalue weighted by atomic mass is 10.2. The van der Waals surface area contributed by atoms with Crippen molar-refractivity contribution in [1.29, 1.82) is 0 Å². The fourth-order valence-electron chi connectivity index (χ4n) is 2.13. The van der Waals surface area contributed by atoms with Crippen LogP contribution in [0.2, 0.25) is 0 Å². The Bertz CT molecular complexity index is 739.